The van der Waals surface area contributed by atoms with Crippen molar-refractivity contribution in [1.82, 2.24) is 10.2 Å². The van der Waals surface area contributed by atoms with Crippen LogP contribution in [-0.4, -0.2) is 51.1 Å². The Morgan fingerprint density at radius 3 is 2.34 bits per heavy atom. The second-order valence-electron chi connectivity index (χ2n) is 6.89. The van der Waals surface area contributed by atoms with Crippen LogP contribution in [0.25, 0.3) is 0 Å². The van der Waals surface area contributed by atoms with Gasteiger partial charge in [0.1, 0.15) is 11.5 Å². The first-order valence-corrected chi connectivity index (χ1v) is 9.39. The highest BCUT2D eigenvalue weighted by Gasteiger charge is 2.16. The summed E-state index contributed by atoms with van der Waals surface area (Å²) in [5.41, 5.74) is 2.65. The maximum atomic E-state index is 12.2. The lowest BCUT2D eigenvalue weighted by Crippen LogP contribution is -2.39. The molecule has 2 aromatic carbocycles. The van der Waals surface area contributed by atoms with E-state index in [1.54, 1.807) is 20.3 Å². The topological polar surface area (TPSA) is 79.9 Å². The van der Waals surface area contributed by atoms with Crippen LogP contribution in [0.5, 0.6) is 11.5 Å². The van der Waals surface area contributed by atoms with Gasteiger partial charge in [0.15, 0.2) is 0 Å². The number of nitrogens with one attached hydrogen (secondary N) is 2. The van der Waals surface area contributed by atoms with E-state index in [0.29, 0.717) is 11.4 Å². The molecule has 2 rings (SSSR count). The van der Waals surface area contributed by atoms with Crippen LogP contribution in [-0.2, 0) is 9.59 Å². The Balaban J connectivity index is 1.83. The summed E-state index contributed by atoms with van der Waals surface area (Å²) >= 11 is 0. The van der Waals surface area contributed by atoms with E-state index < -0.39 is 0 Å². The van der Waals surface area contributed by atoms with Gasteiger partial charge in [0.05, 0.1) is 33.0 Å². The van der Waals surface area contributed by atoms with Crippen LogP contribution in [0.2, 0.25) is 0 Å². The number of carbonyl (C=O) groups excluding carboxylic acids is 2. The van der Waals surface area contributed by atoms with Gasteiger partial charge in [-0.3, -0.25) is 14.5 Å². The molecule has 2 aromatic rings. The maximum absolute atomic E-state index is 12.2. The predicted molar refractivity (Wildman–Crippen MR) is 113 cm³/mol. The molecule has 0 aliphatic carbocycles. The van der Waals surface area contributed by atoms with Gasteiger partial charge in [-0.15, -0.1) is 0 Å². The van der Waals surface area contributed by atoms with Crippen LogP contribution in [0.4, 0.5) is 5.69 Å². The fourth-order valence-corrected chi connectivity index (χ4v) is 2.85. The minimum atomic E-state index is -0.312. The zero-order valence-electron chi connectivity index (χ0n) is 17.6. The number of anilines is 1. The molecule has 0 saturated heterocycles. The van der Waals surface area contributed by atoms with Crippen LogP contribution in [0, 0.1) is 6.92 Å². The molecule has 0 aliphatic heterocycles. The number of carbonyl (C=O) groups is 2. The van der Waals surface area contributed by atoms with Gasteiger partial charge in [0, 0.05) is 6.04 Å². The number of aryl methyl sites for hydroxylation is 1. The van der Waals surface area contributed by atoms with Gasteiger partial charge in [-0.05, 0) is 56.3 Å². The van der Waals surface area contributed by atoms with Gasteiger partial charge in [0.2, 0.25) is 11.8 Å². The molecule has 0 saturated carbocycles. The molecule has 1 unspecified atom stereocenters. The van der Waals surface area contributed by atoms with Crippen LogP contribution in [0.1, 0.15) is 24.1 Å². The highest BCUT2D eigenvalue weighted by Crippen LogP contribution is 2.25. The highest BCUT2D eigenvalue weighted by atomic mass is 16.5. The quantitative estimate of drug-likeness (QED) is 0.678. The van der Waals surface area contributed by atoms with Crippen molar-refractivity contribution in [2.24, 2.45) is 0 Å². The Bertz CT molecular complexity index is 836. The van der Waals surface area contributed by atoms with E-state index in [2.05, 4.69) is 10.6 Å². The highest BCUT2D eigenvalue weighted by molar-refractivity contribution is 5.96. The van der Waals surface area contributed by atoms with E-state index >= 15 is 0 Å². The van der Waals surface area contributed by atoms with Gasteiger partial charge >= 0.3 is 0 Å². The van der Waals surface area contributed by atoms with Crippen molar-refractivity contribution in [3.63, 3.8) is 0 Å². The molecule has 7 nitrogen and oxygen atoms in total. The standard InChI is InChI=1S/C22H29N3O4/c1-15-6-11-20(29-5)19(12-15)24-21(26)13-23-22(27)14-25(3)16(2)17-7-9-18(28-4)10-8-17/h6-12,16H,13-14H2,1-5H3,(H,23,27)(H,24,26). The summed E-state index contributed by atoms with van der Waals surface area (Å²) in [6, 6.07) is 13.3. The van der Waals surface area contributed by atoms with Gasteiger partial charge in [-0.2, -0.15) is 0 Å². The Labute approximate surface area is 172 Å². The maximum Gasteiger partial charge on any atom is 0.243 e. The summed E-state index contributed by atoms with van der Waals surface area (Å²) in [7, 11) is 5.04. The smallest absolute Gasteiger partial charge is 0.243 e. The van der Waals surface area contributed by atoms with Crippen molar-refractivity contribution in [2.75, 3.05) is 39.7 Å². The second-order valence-corrected chi connectivity index (χ2v) is 6.89. The predicted octanol–water partition coefficient (Wildman–Crippen LogP) is 2.76. The number of amides is 2. The summed E-state index contributed by atoms with van der Waals surface area (Å²) in [6.07, 6.45) is 0. The Morgan fingerprint density at radius 1 is 1.03 bits per heavy atom. The SMILES string of the molecule is COc1ccc(C(C)N(C)CC(=O)NCC(=O)Nc2cc(C)ccc2OC)cc1. The van der Waals surface area contributed by atoms with Crippen molar-refractivity contribution < 1.29 is 19.1 Å². The first-order chi connectivity index (χ1) is 13.8. The Morgan fingerprint density at radius 2 is 1.72 bits per heavy atom. The third-order valence-electron chi connectivity index (χ3n) is 4.73. The van der Waals surface area contributed by atoms with E-state index in [-0.39, 0.29) is 30.9 Å². The number of nitrogens with zero attached hydrogens (tertiary/aromatic N) is 1. The molecular weight excluding hydrogens is 370 g/mol. The van der Waals surface area contributed by atoms with Crippen molar-refractivity contribution in [2.45, 2.75) is 19.9 Å². The molecule has 0 heterocycles. The third kappa shape index (κ3) is 6.50. The molecule has 156 valence electrons. The summed E-state index contributed by atoms with van der Waals surface area (Å²) in [4.78, 5) is 26.4. The number of hydrogen-bond donors (Lipinski definition) is 2. The second kappa shape index (κ2) is 10.5. The largest absolute Gasteiger partial charge is 0.497 e. The van der Waals surface area contributed by atoms with Crippen LogP contribution >= 0.6 is 0 Å². The summed E-state index contributed by atoms with van der Waals surface area (Å²) in [5.74, 6) is 0.827. The first kappa shape index (κ1) is 22.2. The van der Waals surface area contributed by atoms with E-state index in [9.17, 15) is 9.59 Å². The van der Waals surface area contributed by atoms with Crippen molar-refractivity contribution in [3.05, 3.63) is 53.6 Å². The third-order valence-corrected chi connectivity index (χ3v) is 4.73. The lowest BCUT2D eigenvalue weighted by molar-refractivity contribution is -0.125. The summed E-state index contributed by atoms with van der Waals surface area (Å²) in [6.45, 7) is 4.01. The molecule has 29 heavy (non-hydrogen) atoms. The molecule has 2 N–H and O–H groups in total. The van der Waals surface area contributed by atoms with Gasteiger partial charge < -0.3 is 20.1 Å². The van der Waals surface area contributed by atoms with Crippen molar-refractivity contribution in [3.8, 4) is 11.5 Å². The van der Waals surface area contributed by atoms with Crippen molar-refractivity contribution >= 4 is 17.5 Å². The van der Waals surface area contributed by atoms with Crippen LogP contribution < -0.4 is 20.1 Å². The van der Waals surface area contributed by atoms with E-state index in [4.69, 9.17) is 9.47 Å². The fourth-order valence-electron chi connectivity index (χ4n) is 2.85. The van der Waals surface area contributed by atoms with Crippen LogP contribution in [0.15, 0.2) is 42.5 Å². The van der Waals surface area contributed by atoms with Gasteiger partial charge in [-0.1, -0.05) is 18.2 Å². The molecule has 2 amide bonds. The lowest BCUT2D eigenvalue weighted by atomic mass is 10.1. The number of ether oxygens (including phenoxy) is 2. The summed E-state index contributed by atoms with van der Waals surface area (Å²) < 4.78 is 10.4. The molecule has 0 fully saturated rings. The van der Waals surface area contributed by atoms with Crippen LogP contribution in [0.3, 0.4) is 0 Å². The van der Waals surface area contributed by atoms with Gasteiger partial charge in [-0.25, -0.2) is 0 Å². The number of hydrogen-bond acceptors (Lipinski definition) is 5. The van der Waals surface area contributed by atoms with E-state index in [1.165, 1.54) is 0 Å². The average molecular weight is 399 g/mol. The number of benzene rings is 2. The Kier molecular flexibility index (Phi) is 8.03. The molecule has 0 aromatic heterocycles. The fraction of sp³-hybridized carbons (Fsp3) is 0.364. The molecule has 0 radical (unpaired) electrons. The molecular formula is C22H29N3O4. The van der Waals surface area contributed by atoms with E-state index in [1.807, 2.05) is 62.2 Å². The Hall–Kier alpha value is -3.06. The zero-order valence-corrected chi connectivity index (χ0v) is 17.6. The first-order valence-electron chi connectivity index (χ1n) is 9.39. The monoisotopic (exact) mass is 399 g/mol. The number of methoxy groups -OCH3 is 2. The molecule has 7 heteroatoms. The zero-order chi connectivity index (χ0) is 21.4. The normalized spacial score (nSPS) is 11.7. The molecule has 0 aliphatic rings. The summed E-state index contributed by atoms with van der Waals surface area (Å²) in [5, 5.41) is 5.42. The van der Waals surface area contributed by atoms with E-state index in [0.717, 1.165) is 16.9 Å². The molecule has 1 atom stereocenters. The minimum Gasteiger partial charge on any atom is -0.497 e. The van der Waals surface area contributed by atoms with Gasteiger partial charge in [0.25, 0.3) is 0 Å². The van der Waals surface area contributed by atoms with Crippen molar-refractivity contribution in [1.29, 1.82) is 0 Å². The minimum absolute atomic E-state index is 0.0389. The number of likely N-dealkylation sites (N-methyl/N-ethyl adjacent to an activating group) is 1. The molecule has 0 bridgehead atoms. The lowest BCUT2D eigenvalue weighted by Gasteiger charge is -2.24. The average Bonchev–Trinajstić information content (AvgIpc) is 2.72. The number of rotatable bonds is 9. The molecule has 0 spiro atoms.